The molecule has 0 spiro atoms. The first-order valence-electron chi connectivity index (χ1n) is 7.29. The molecule has 0 heterocycles. The van der Waals surface area contributed by atoms with Gasteiger partial charge in [-0.3, -0.25) is 0 Å². The van der Waals surface area contributed by atoms with E-state index in [0.29, 0.717) is 5.92 Å². The van der Waals surface area contributed by atoms with Crippen molar-refractivity contribution in [2.45, 2.75) is 20.4 Å². The zero-order valence-corrected chi connectivity index (χ0v) is 12.9. The number of ether oxygens (including phenoxy) is 2. The summed E-state index contributed by atoms with van der Waals surface area (Å²) in [6.07, 6.45) is 0. The molecule has 21 heavy (non-hydrogen) atoms. The Morgan fingerprint density at radius 1 is 0.952 bits per heavy atom. The summed E-state index contributed by atoms with van der Waals surface area (Å²) in [5.41, 5.74) is 1.26. The molecule has 0 aliphatic heterocycles. The molecule has 0 saturated carbocycles. The van der Waals surface area contributed by atoms with Crippen LogP contribution in [-0.4, -0.2) is 13.7 Å². The molecular weight excluding hydrogens is 262 g/mol. The van der Waals surface area contributed by atoms with Gasteiger partial charge in [0.25, 0.3) is 0 Å². The Morgan fingerprint density at radius 3 is 2.33 bits per heavy atom. The minimum atomic E-state index is 0.667. The van der Waals surface area contributed by atoms with E-state index >= 15 is 0 Å². The van der Waals surface area contributed by atoms with Gasteiger partial charge in [0, 0.05) is 12.6 Å². The zero-order chi connectivity index (χ0) is 15.1. The normalized spacial score (nSPS) is 10.7. The van der Waals surface area contributed by atoms with E-state index in [-0.39, 0.29) is 0 Å². The Morgan fingerprint density at radius 2 is 1.67 bits per heavy atom. The summed E-state index contributed by atoms with van der Waals surface area (Å²) < 4.78 is 11.0. The Kier molecular flexibility index (Phi) is 5.64. The summed E-state index contributed by atoms with van der Waals surface area (Å²) in [6.45, 7) is 6.33. The van der Waals surface area contributed by atoms with Gasteiger partial charge in [0.05, 0.1) is 7.11 Å². The molecule has 0 aliphatic carbocycles. The van der Waals surface area contributed by atoms with Crippen molar-refractivity contribution >= 4 is 0 Å². The molecule has 0 amide bonds. The quantitative estimate of drug-likeness (QED) is 0.825. The van der Waals surface area contributed by atoms with Crippen LogP contribution in [0.1, 0.15) is 19.4 Å². The monoisotopic (exact) mass is 285 g/mol. The van der Waals surface area contributed by atoms with Crippen molar-refractivity contribution < 1.29 is 9.47 Å². The number of methoxy groups -OCH3 is 1. The zero-order valence-electron chi connectivity index (χ0n) is 12.9. The van der Waals surface area contributed by atoms with Crippen molar-refractivity contribution in [1.29, 1.82) is 0 Å². The maximum Gasteiger partial charge on any atom is 0.131 e. The summed E-state index contributed by atoms with van der Waals surface area (Å²) in [5.74, 6) is 3.07. The molecule has 0 radical (unpaired) electrons. The average Bonchev–Trinajstić information content (AvgIpc) is 2.49. The molecule has 0 bridgehead atoms. The fraction of sp³-hybridized carbons (Fsp3) is 0.333. The van der Waals surface area contributed by atoms with Crippen LogP contribution >= 0.6 is 0 Å². The summed E-state index contributed by atoms with van der Waals surface area (Å²) in [6, 6.07) is 15.8. The van der Waals surface area contributed by atoms with Crippen LogP contribution in [0.4, 0.5) is 0 Å². The van der Waals surface area contributed by atoms with Crippen LogP contribution in [0.3, 0.4) is 0 Å². The first kappa shape index (κ1) is 15.4. The molecule has 0 fully saturated rings. The number of hydrogen-bond donors (Lipinski definition) is 1. The van der Waals surface area contributed by atoms with E-state index in [4.69, 9.17) is 9.47 Å². The summed E-state index contributed by atoms with van der Waals surface area (Å²) in [7, 11) is 1.65. The molecule has 3 nitrogen and oxygen atoms in total. The lowest BCUT2D eigenvalue weighted by Gasteiger charge is -2.09. The second-order valence-electron chi connectivity index (χ2n) is 5.45. The fourth-order valence-electron chi connectivity index (χ4n) is 1.98. The molecular formula is C18H23NO2. The smallest absolute Gasteiger partial charge is 0.131 e. The highest BCUT2D eigenvalue weighted by Gasteiger charge is 2.00. The van der Waals surface area contributed by atoms with Crippen molar-refractivity contribution in [1.82, 2.24) is 5.32 Å². The number of nitrogens with one attached hydrogen (secondary N) is 1. The van der Waals surface area contributed by atoms with E-state index in [1.54, 1.807) is 7.11 Å². The molecule has 0 aliphatic rings. The standard InChI is InChI=1S/C18H23NO2/c1-14(2)12-19-13-15-7-9-16(10-8-15)21-18-6-4-5-17(11-18)20-3/h4-11,14,19H,12-13H2,1-3H3. The lowest BCUT2D eigenvalue weighted by atomic mass is 10.2. The molecule has 1 N–H and O–H groups in total. The first-order chi connectivity index (χ1) is 10.2. The highest BCUT2D eigenvalue weighted by molar-refractivity contribution is 5.37. The Labute approximate surface area is 126 Å². The molecule has 0 saturated heterocycles. The van der Waals surface area contributed by atoms with E-state index in [2.05, 4.69) is 31.3 Å². The molecule has 3 heteroatoms. The number of hydrogen-bond acceptors (Lipinski definition) is 3. The minimum Gasteiger partial charge on any atom is -0.497 e. The molecule has 0 unspecified atom stereocenters. The van der Waals surface area contributed by atoms with Crippen molar-refractivity contribution in [3.8, 4) is 17.2 Å². The van der Waals surface area contributed by atoms with Gasteiger partial charge in [-0.25, -0.2) is 0 Å². The fourth-order valence-corrected chi connectivity index (χ4v) is 1.98. The highest BCUT2D eigenvalue weighted by Crippen LogP contribution is 2.25. The van der Waals surface area contributed by atoms with Gasteiger partial charge < -0.3 is 14.8 Å². The Bertz CT molecular complexity index is 549. The van der Waals surface area contributed by atoms with E-state index < -0.39 is 0 Å². The van der Waals surface area contributed by atoms with Crippen molar-refractivity contribution in [2.75, 3.05) is 13.7 Å². The van der Waals surface area contributed by atoms with E-state index in [0.717, 1.165) is 30.3 Å². The predicted octanol–water partition coefficient (Wildman–Crippen LogP) is 4.23. The third-order valence-corrected chi connectivity index (χ3v) is 3.08. The SMILES string of the molecule is COc1cccc(Oc2ccc(CNCC(C)C)cc2)c1. The van der Waals surface area contributed by atoms with E-state index in [9.17, 15) is 0 Å². The maximum atomic E-state index is 5.82. The second-order valence-corrected chi connectivity index (χ2v) is 5.45. The molecule has 112 valence electrons. The van der Waals surface area contributed by atoms with Gasteiger partial charge in [0.1, 0.15) is 17.2 Å². The van der Waals surface area contributed by atoms with Gasteiger partial charge in [-0.1, -0.05) is 32.0 Å². The van der Waals surface area contributed by atoms with E-state index in [1.807, 2.05) is 36.4 Å². The molecule has 2 rings (SSSR count). The lowest BCUT2D eigenvalue weighted by Crippen LogP contribution is -2.18. The Balaban J connectivity index is 1.92. The molecule has 0 aromatic heterocycles. The molecule has 2 aromatic rings. The van der Waals surface area contributed by atoms with Crippen molar-refractivity contribution in [3.63, 3.8) is 0 Å². The van der Waals surface area contributed by atoms with Crippen LogP contribution < -0.4 is 14.8 Å². The average molecular weight is 285 g/mol. The van der Waals surface area contributed by atoms with Crippen LogP contribution in [0, 0.1) is 5.92 Å². The van der Waals surface area contributed by atoms with Gasteiger partial charge in [-0.05, 0) is 42.3 Å². The third-order valence-electron chi connectivity index (χ3n) is 3.08. The number of benzene rings is 2. The summed E-state index contributed by atoms with van der Waals surface area (Å²) >= 11 is 0. The third kappa shape index (κ3) is 5.12. The molecule has 2 aromatic carbocycles. The van der Waals surface area contributed by atoms with Crippen LogP contribution in [-0.2, 0) is 6.54 Å². The molecule has 0 atom stereocenters. The van der Waals surface area contributed by atoms with Gasteiger partial charge in [-0.15, -0.1) is 0 Å². The Hall–Kier alpha value is -2.00. The second kappa shape index (κ2) is 7.70. The van der Waals surface area contributed by atoms with Gasteiger partial charge in [-0.2, -0.15) is 0 Å². The van der Waals surface area contributed by atoms with Gasteiger partial charge in [0.15, 0.2) is 0 Å². The highest BCUT2D eigenvalue weighted by atomic mass is 16.5. The summed E-state index contributed by atoms with van der Waals surface area (Å²) in [4.78, 5) is 0. The van der Waals surface area contributed by atoms with Gasteiger partial charge >= 0.3 is 0 Å². The lowest BCUT2D eigenvalue weighted by molar-refractivity contribution is 0.409. The maximum absolute atomic E-state index is 5.82. The topological polar surface area (TPSA) is 30.5 Å². The number of rotatable bonds is 7. The summed E-state index contributed by atoms with van der Waals surface area (Å²) in [5, 5.41) is 3.43. The van der Waals surface area contributed by atoms with Crippen LogP contribution in [0.5, 0.6) is 17.2 Å². The minimum absolute atomic E-state index is 0.667. The van der Waals surface area contributed by atoms with Gasteiger partial charge in [0.2, 0.25) is 0 Å². The predicted molar refractivity (Wildman–Crippen MR) is 86.1 cm³/mol. The largest absolute Gasteiger partial charge is 0.497 e. The van der Waals surface area contributed by atoms with Crippen LogP contribution in [0.25, 0.3) is 0 Å². The van der Waals surface area contributed by atoms with Crippen molar-refractivity contribution in [3.05, 3.63) is 54.1 Å². The van der Waals surface area contributed by atoms with Crippen LogP contribution in [0.2, 0.25) is 0 Å². The van der Waals surface area contributed by atoms with Crippen molar-refractivity contribution in [2.24, 2.45) is 5.92 Å². The van der Waals surface area contributed by atoms with Crippen LogP contribution in [0.15, 0.2) is 48.5 Å². The van der Waals surface area contributed by atoms with E-state index in [1.165, 1.54) is 5.56 Å². The first-order valence-corrected chi connectivity index (χ1v) is 7.29.